The molecule has 0 fully saturated rings. The first-order chi connectivity index (χ1) is 11.6. The Labute approximate surface area is 147 Å². The molecular weight excluding hydrogens is 296 g/mol. The molecule has 0 aliphatic heterocycles. The molecular formula is C22H32O2. The summed E-state index contributed by atoms with van der Waals surface area (Å²) in [6.07, 6.45) is 10.8. The van der Waals surface area contributed by atoms with Crippen LogP contribution in [0.4, 0.5) is 0 Å². The van der Waals surface area contributed by atoms with Crippen LogP contribution in [0.2, 0.25) is 0 Å². The highest BCUT2D eigenvalue weighted by atomic mass is 16.5. The Morgan fingerprint density at radius 2 is 1.67 bits per heavy atom. The van der Waals surface area contributed by atoms with Gasteiger partial charge in [-0.15, -0.1) is 0 Å². The Hall–Kier alpha value is -1.83. The second-order valence-electron chi connectivity index (χ2n) is 6.44. The zero-order valence-electron chi connectivity index (χ0n) is 15.7. The van der Waals surface area contributed by atoms with Crippen LogP contribution in [0, 0.1) is 6.92 Å². The number of ether oxygens (including phenoxy) is 1. The first-order valence-electron chi connectivity index (χ1n) is 9.21. The van der Waals surface area contributed by atoms with Gasteiger partial charge in [0.25, 0.3) is 0 Å². The summed E-state index contributed by atoms with van der Waals surface area (Å²) in [7, 11) is 0. The molecule has 1 aromatic carbocycles. The SMILES string of the molecule is CCCCCC(C(=O)OC=Cc1ccc(C)cc1)=C(C)CCCC. The molecule has 0 aliphatic rings. The van der Waals surface area contributed by atoms with Gasteiger partial charge in [-0.2, -0.15) is 0 Å². The van der Waals surface area contributed by atoms with Crippen LogP contribution in [0.1, 0.15) is 76.8 Å². The van der Waals surface area contributed by atoms with Crippen molar-refractivity contribution < 1.29 is 9.53 Å². The number of hydrogen-bond donors (Lipinski definition) is 0. The van der Waals surface area contributed by atoms with Gasteiger partial charge in [0, 0.05) is 5.57 Å². The van der Waals surface area contributed by atoms with Crippen LogP contribution in [0.15, 0.2) is 41.7 Å². The van der Waals surface area contributed by atoms with Crippen molar-refractivity contribution in [2.45, 2.75) is 72.6 Å². The molecule has 0 radical (unpaired) electrons. The molecule has 132 valence electrons. The lowest BCUT2D eigenvalue weighted by Crippen LogP contribution is -2.07. The van der Waals surface area contributed by atoms with Gasteiger partial charge in [-0.1, -0.05) is 68.5 Å². The van der Waals surface area contributed by atoms with E-state index in [1.165, 1.54) is 17.4 Å². The average molecular weight is 328 g/mol. The minimum atomic E-state index is -0.192. The van der Waals surface area contributed by atoms with Gasteiger partial charge in [-0.05, 0) is 51.2 Å². The number of esters is 1. The maximum atomic E-state index is 12.5. The summed E-state index contributed by atoms with van der Waals surface area (Å²) in [6.45, 7) is 8.48. The molecule has 2 heteroatoms. The van der Waals surface area contributed by atoms with E-state index < -0.39 is 0 Å². The predicted octanol–water partition coefficient (Wildman–Crippen LogP) is 6.60. The van der Waals surface area contributed by atoms with Crippen molar-refractivity contribution in [3.8, 4) is 0 Å². The van der Waals surface area contributed by atoms with E-state index in [2.05, 4.69) is 27.7 Å². The summed E-state index contributed by atoms with van der Waals surface area (Å²) < 4.78 is 5.39. The highest BCUT2D eigenvalue weighted by Crippen LogP contribution is 2.20. The van der Waals surface area contributed by atoms with Gasteiger partial charge in [0.2, 0.25) is 0 Å². The molecule has 0 unspecified atom stereocenters. The first kappa shape index (κ1) is 20.2. The van der Waals surface area contributed by atoms with Gasteiger partial charge >= 0.3 is 5.97 Å². The van der Waals surface area contributed by atoms with Crippen LogP contribution >= 0.6 is 0 Å². The van der Waals surface area contributed by atoms with Gasteiger partial charge in [0.15, 0.2) is 0 Å². The Morgan fingerprint density at radius 3 is 2.29 bits per heavy atom. The Kier molecular flexibility index (Phi) is 9.83. The third kappa shape index (κ3) is 7.63. The third-order valence-corrected chi connectivity index (χ3v) is 4.21. The first-order valence-corrected chi connectivity index (χ1v) is 9.21. The number of aryl methyl sites for hydroxylation is 1. The lowest BCUT2D eigenvalue weighted by molar-refractivity contribution is -0.133. The van der Waals surface area contributed by atoms with E-state index in [1.807, 2.05) is 30.3 Å². The van der Waals surface area contributed by atoms with Crippen LogP contribution in [-0.2, 0) is 9.53 Å². The highest BCUT2D eigenvalue weighted by Gasteiger charge is 2.13. The Morgan fingerprint density at radius 1 is 1.00 bits per heavy atom. The Bertz CT molecular complexity index is 550. The molecule has 1 rings (SSSR count). The minimum absolute atomic E-state index is 0.192. The van der Waals surface area contributed by atoms with Gasteiger partial charge in [0.05, 0.1) is 6.26 Å². The molecule has 0 amide bonds. The lowest BCUT2D eigenvalue weighted by atomic mass is 9.99. The standard InChI is InChI=1S/C22H32O2/c1-5-7-9-11-21(19(4)10-8-6-2)22(23)24-17-16-20-14-12-18(3)13-15-20/h12-17H,5-11H2,1-4H3. The zero-order valence-corrected chi connectivity index (χ0v) is 15.7. The van der Waals surface area contributed by atoms with E-state index >= 15 is 0 Å². The predicted molar refractivity (Wildman–Crippen MR) is 103 cm³/mol. The molecule has 0 bridgehead atoms. The van der Waals surface area contributed by atoms with Crippen molar-refractivity contribution >= 4 is 12.0 Å². The van der Waals surface area contributed by atoms with E-state index in [1.54, 1.807) is 0 Å². The number of allylic oxidation sites excluding steroid dienone is 1. The van der Waals surface area contributed by atoms with Crippen molar-refractivity contribution in [1.82, 2.24) is 0 Å². The van der Waals surface area contributed by atoms with Crippen molar-refractivity contribution in [2.24, 2.45) is 0 Å². The minimum Gasteiger partial charge on any atom is -0.431 e. The summed E-state index contributed by atoms with van der Waals surface area (Å²) in [6, 6.07) is 8.13. The maximum absolute atomic E-state index is 12.5. The molecule has 0 saturated carbocycles. The molecule has 24 heavy (non-hydrogen) atoms. The number of carbonyl (C=O) groups is 1. The summed E-state index contributed by atoms with van der Waals surface area (Å²) in [5.74, 6) is -0.192. The van der Waals surface area contributed by atoms with Gasteiger partial charge in [-0.3, -0.25) is 0 Å². The second-order valence-corrected chi connectivity index (χ2v) is 6.44. The fraction of sp³-hybridized carbons (Fsp3) is 0.500. The number of benzene rings is 1. The zero-order chi connectivity index (χ0) is 17.8. The summed E-state index contributed by atoms with van der Waals surface area (Å²) in [5, 5.41) is 0. The molecule has 0 spiro atoms. The van der Waals surface area contributed by atoms with E-state index in [0.717, 1.165) is 56.1 Å². The second kappa shape index (κ2) is 11.7. The quantitative estimate of drug-likeness (QED) is 0.209. The summed E-state index contributed by atoms with van der Waals surface area (Å²) in [5.41, 5.74) is 4.30. The molecule has 1 aromatic rings. The van der Waals surface area contributed by atoms with Gasteiger partial charge < -0.3 is 4.74 Å². The van der Waals surface area contributed by atoms with Crippen molar-refractivity contribution in [2.75, 3.05) is 0 Å². The monoisotopic (exact) mass is 328 g/mol. The molecule has 0 N–H and O–H groups in total. The molecule has 2 nitrogen and oxygen atoms in total. The smallest absolute Gasteiger partial charge is 0.338 e. The van der Waals surface area contributed by atoms with Crippen LogP contribution in [0.3, 0.4) is 0 Å². The largest absolute Gasteiger partial charge is 0.431 e. The Balaban J connectivity index is 2.70. The van der Waals surface area contributed by atoms with E-state index in [0.29, 0.717) is 0 Å². The molecule has 0 heterocycles. The van der Waals surface area contributed by atoms with Crippen molar-refractivity contribution in [1.29, 1.82) is 0 Å². The normalized spacial score (nSPS) is 12.3. The molecule has 0 aliphatic carbocycles. The molecule has 0 saturated heterocycles. The van der Waals surface area contributed by atoms with Crippen LogP contribution in [-0.4, -0.2) is 5.97 Å². The molecule has 0 aromatic heterocycles. The highest BCUT2D eigenvalue weighted by molar-refractivity contribution is 5.89. The number of rotatable bonds is 10. The summed E-state index contributed by atoms with van der Waals surface area (Å²) in [4.78, 5) is 12.5. The number of carbonyl (C=O) groups excluding carboxylic acids is 1. The fourth-order valence-electron chi connectivity index (χ4n) is 2.56. The van der Waals surface area contributed by atoms with Gasteiger partial charge in [0.1, 0.15) is 0 Å². The summed E-state index contributed by atoms with van der Waals surface area (Å²) >= 11 is 0. The third-order valence-electron chi connectivity index (χ3n) is 4.21. The van der Waals surface area contributed by atoms with Crippen molar-refractivity contribution in [3.63, 3.8) is 0 Å². The molecule has 0 atom stereocenters. The number of hydrogen-bond acceptors (Lipinski definition) is 2. The topological polar surface area (TPSA) is 26.3 Å². The number of unbranched alkanes of at least 4 members (excludes halogenated alkanes) is 3. The van der Waals surface area contributed by atoms with Gasteiger partial charge in [-0.25, -0.2) is 4.79 Å². The van der Waals surface area contributed by atoms with E-state index in [-0.39, 0.29) is 5.97 Å². The fourth-order valence-corrected chi connectivity index (χ4v) is 2.56. The maximum Gasteiger partial charge on any atom is 0.338 e. The average Bonchev–Trinajstić information content (AvgIpc) is 2.58. The van der Waals surface area contributed by atoms with Crippen LogP contribution < -0.4 is 0 Å². The van der Waals surface area contributed by atoms with Crippen LogP contribution in [0.5, 0.6) is 0 Å². The van der Waals surface area contributed by atoms with Crippen LogP contribution in [0.25, 0.3) is 6.08 Å². The van der Waals surface area contributed by atoms with E-state index in [4.69, 9.17) is 4.74 Å². The van der Waals surface area contributed by atoms with E-state index in [9.17, 15) is 4.79 Å². The lowest BCUT2D eigenvalue weighted by Gasteiger charge is -2.10. The van der Waals surface area contributed by atoms with Crippen molar-refractivity contribution in [3.05, 3.63) is 52.8 Å².